The molecule has 2 N–H and O–H groups in total. The summed E-state index contributed by atoms with van der Waals surface area (Å²) in [7, 11) is 1.71. The number of benzene rings is 1. The van der Waals surface area contributed by atoms with Crippen molar-refractivity contribution in [3.63, 3.8) is 0 Å². The molecule has 1 unspecified atom stereocenters. The maximum Gasteiger partial charge on any atom is 0.149 e. The average Bonchev–Trinajstić information content (AvgIpc) is 2.90. The van der Waals surface area contributed by atoms with Crippen LogP contribution in [0.5, 0.6) is 0 Å². The number of hydrogen-bond donors (Lipinski definition) is 1. The van der Waals surface area contributed by atoms with Crippen molar-refractivity contribution in [1.82, 2.24) is 0 Å². The second-order valence-corrected chi connectivity index (χ2v) is 5.89. The van der Waals surface area contributed by atoms with Crippen LogP contribution in [-0.4, -0.2) is 13.1 Å². The van der Waals surface area contributed by atoms with Crippen molar-refractivity contribution in [1.29, 1.82) is 0 Å². The monoisotopic (exact) mass is 296 g/mol. The summed E-state index contributed by atoms with van der Waals surface area (Å²) >= 11 is 1.65. The Kier molecular flexibility index (Phi) is 4.73. The number of nitrogens with zero attached hydrogens (tertiary/aromatic N) is 1. The van der Waals surface area contributed by atoms with E-state index in [1.165, 1.54) is 17.0 Å². The molecule has 1 atom stereocenters. The van der Waals surface area contributed by atoms with Crippen molar-refractivity contribution in [2.24, 2.45) is 5.73 Å². The van der Waals surface area contributed by atoms with Gasteiger partial charge in [0.05, 0.1) is 0 Å². The molecule has 0 amide bonds. The largest absolute Gasteiger partial charge is 0.367 e. The van der Waals surface area contributed by atoms with Crippen LogP contribution in [0.2, 0.25) is 0 Å². The molecule has 0 fully saturated rings. The average molecular weight is 296 g/mol. The maximum absolute atomic E-state index is 14.1. The highest BCUT2D eigenvalue weighted by Crippen LogP contribution is 2.27. The molecule has 2 rings (SSSR count). The molecule has 0 bridgehead atoms. The minimum Gasteiger partial charge on any atom is -0.367 e. The minimum atomic E-state index is -0.564. The van der Waals surface area contributed by atoms with Gasteiger partial charge in [-0.3, -0.25) is 0 Å². The van der Waals surface area contributed by atoms with Gasteiger partial charge in [-0.25, -0.2) is 8.78 Å². The Morgan fingerprint density at radius 1 is 1.30 bits per heavy atom. The smallest absolute Gasteiger partial charge is 0.149 e. The number of likely N-dealkylation sites (N-methyl/N-ethyl adjacent to an activating group) is 1. The molecule has 0 aliphatic rings. The molecule has 0 aliphatic carbocycles. The SMILES string of the molecule is CC(Cc1cccs1)N(C)c1c(F)cc(CN)cc1F. The summed E-state index contributed by atoms with van der Waals surface area (Å²) < 4.78 is 28.1. The Morgan fingerprint density at radius 2 is 1.95 bits per heavy atom. The van der Waals surface area contributed by atoms with E-state index in [0.717, 1.165) is 6.42 Å². The molecule has 1 aromatic heterocycles. The highest BCUT2D eigenvalue weighted by atomic mass is 32.1. The lowest BCUT2D eigenvalue weighted by Crippen LogP contribution is -2.32. The molecule has 5 heteroatoms. The normalized spacial score (nSPS) is 12.4. The van der Waals surface area contributed by atoms with Gasteiger partial charge in [0.2, 0.25) is 0 Å². The van der Waals surface area contributed by atoms with Crippen LogP contribution in [0, 0.1) is 11.6 Å². The lowest BCUT2D eigenvalue weighted by Gasteiger charge is -2.27. The fraction of sp³-hybridized carbons (Fsp3) is 0.333. The van der Waals surface area contributed by atoms with Gasteiger partial charge in [0.1, 0.15) is 17.3 Å². The van der Waals surface area contributed by atoms with E-state index in [4.69, 9.17) is 5.73 Å². The van der Waals surface area contributed by atoms with E-state index in [9.17, 15) is 8.78 Å². The molecule has 0 aliphatic heterocycles. The molecule has 0 saturated carbocycles. The fourth-order valence-corrected chi connectivity index (χ4v) is 2.98. The molecule has 20 heavy (non-hydrogen) atoms. The van der Waals surface area contributed by atoms with Crippen molar-refractivity contribution >= 4 is 17.0 Å². The zero-order valence-corrected chi connectivity index (χ0v) is 12.4. The summed E-state index contributed by atoms with van der Waals surface area (Å²) in [6.45, 7) is 2.08. The van der Waals surface area contributed by atoms with Crippen molar-refractivity contribution in [3.8, 4) is 0 Å². The van der Waals surface area contributed by atoms with Crippen LogP contribution in [-0.2, 0) is 13.0 Å². The summed E-state index contributed by atoms with van der Waals surface area (Å²) in [5, 5.41) is 2.00. The van der Waals surface area contributed by atoms with Crippen LogP contribution in [0.25, 0.3) is 0 Å². The van der Waals surface area contributed by atoms with Gasteiger partial charge in [0, 0.05) is 30.9 Å². The van der Waals surface area contributed by atoms with Crippen LogP contribution in [0.1, 0.15) is 17.4 Å². The summed E-state index contributed by atoms with van der Waals surface area (Å²) in [6.07, 6.45) is 0.756. The molecule has 0 saturated heterocycles. The lowest BCUT2D eigenvalue weighted by molar-refractivity contribution is 0.558. The zero-order chi connectivity index (χ0) is 14.7. The van der Waals surface area contributed by atoms with Gasteiger partial charge in [-0.05, 0) is 36.1 Å². The van der Waals surface area contributed by atoms with Crippen molar-refractivity contribution in [2.75, 3.05) is 11.9 Å². The number of nitrogens with two attached hydrogens (primary N) is 1. The second-order valence-electron chi connectivity index (χ2n) is 4.86. The van der Waals surface area contributed by atoms with E-state index >= 15 is 0 Å². The van der Waals surface area contributed by atoms with E-state index in [2.05, 4.69) is 0 Å². The Balaban J connectivity index is 2.22. The van der Waals surface area contributed by atoms with E-state index < -0.39 is 11.6 Å². The molecular formula is C15H18F2N2S. The van der Waals surface area contributed by atoms with Gasteiger partial charge >= 0.3 is 0 Å². The van der Waals surface area contributed by atoms with Crippen LogP contribution in [0.15, 0.2) is 29.6 Å². The van der Waals surface area contributed by atoms with Crippen LogP contribution in [0.4, 0.5) is 14.5 Å². The molecule has 2 nitrogen and oxygen atoms in total. The summed E-state index contributed by atoms with van der Waals surface area (Å²) in [5.41, 5.74) is 5.89. The Bertz CT molecular complexity index is 546. The van der Waals surface area contributed by atoms with Crippen molar-refractivity contribution in [3.05, 3.63) is 51.7 Å². The lowest BCUT2D eigenvalue weighted by atomic mass is 10.1. The Labute approximate surface area is 121 Å². The summed E-state index contributed by atoms with van der Waals surface area (Å²) in [4.78, 5) is 2.84. The molecule has 1 aromatic carbocycles. The van der Waals surface area contributed by atoms with Crippen LogP contribution >= 0.6 is 11.3 Å². The molecule has 2 aromatic rings. The molecule has 0 spiro atoms. The van der Waals surface area contributed by atoms with E-state index in [1.807, 2.05) is 24.4 Å². The summed E-state index contributed by atoms with van der Waals surface area (Å²) in [5.74, 6) is -1.13. The highest BCUT2D eigenvalue weighted by molar-refractivity contribution is 7.09. The standard InChI is InChI=1S/C15H18F2N2S/c1-10(6-12-4-3-5-20-12)19(2)15-13(16)7-11(9-18)8-14(15)17/h3-5,7-8,10H,6,9,18H2,1-2H3. The number of anilines is 1. The van der Waals surface area contributed by atoms with Crippen LogP contribution in [0.3, 0.4) is 0 Å². The zero-order valence-electron chi connectivity index (χ0n) is 11.6. The summed E-state index contributed by atoms with van der Waals surface area (Å²) in [6, 6.07) is 6.60. The molecule has 1 heterocycles. The first-order chi connectivity index (χ1) is 9.52. The van der Waals surface area contributed by atoms with E-state index in [1.54, 1.807) is 23.3 Å². The first kappa shape index (κ1) is 14.9. The first-order valence-corrected chi connectivity index (χ1v) is 7.34. The third kappa shape index (κ3) is 3.16. The number of thiophene rings is 1. The van der Waals surface area contributed by atoms with Gasteiger partial charge in [-0.15, -0.1) is 11.3 Å². The predicted octanol–water partition coefficient (Wildman–Crippen LogP) is 3.55. The molecule has 108 valence electrons. The first-order valence-electron chi connectivity index (χ1n) is 6.46. The van der Waals surface area contributed by atoms with Gasteiger partial charge < -0.3 is 10.6 Å². The van der Waals surface area contributed by atoms with Gasteiger partial charge in [0.15, 0.2) is 0 Å². The van der Waals surface area contributed by atoms with Crippen molar-refractivity contribution in [2.45, 2.75) is 25.9 Å². The molecular weight excluding hydrogens is 278 g/mol. The number of rotatable bonds is 5. The van der Waals surface area contributed by atoms with Gasteiger partial charge in [-0.1, -0.05) is 6.07 Å². The van der Waals surface area contributed by atoms with Gasteiger partial charge in [0.25, 0.3) is 0 Å². The van der Waals surface area contributed by atoms with E-state index in [-0.39, 0.29) is 18.3 Å². The molecule has 0 radical (unpaired) electrons. The minimum absolute atomic E-state index is 0.00127. The number of halogens is 2. The van der Waals surface area contributed by atoms with Gasteiger partial charge in [-0.2, -0.15) is 0 Å². The van der Waals surface area contributed by atoms with Crippen molar-refractivity contribution < 1.29 is 8.78 Å². The topological polar surface area (TPSA) is 29.3 Å². The third-order valence-corrected chi connectivity index (χ3v) is 4.30. The maximum atomic E-state index is 14.1. The second kappa shape index (κ2) is 6.33. The quantitative estimate of drug-likeness (QED) is 0.914. The predicted molar refractivity (Wildman–Crippen MR) is 80.1 cm³/mol. The highest BCUT2D eigenvalue weighted by Gasteiger charge is 2.19. The third-order valence-electron chi connectivity index (χ3n) is 3.40. The fourth-order valence-electron chi connectivity index (χ4n) is 2.15. The number of hydrogen-bond acceptors (Lipinski definition) is 3. The van der Waals surface area contributed by atoms with Crippen LogP contribution < -0.4 is 10.6 Å². The Morgan fingerprint density at radius 3 is 2.45 bits per heavy atom. The Hall–Kier alpha value is -1.46. The van der Waals surface area contributed by atoms with E-state index in [0.29, 0.717) is 5.56 Å².